The molecule has 0 bridgehead atoms. The maximum Gasteiger partial charge on any atom is 0.160 e. The van der Waals surface area contributed by atoms with Crippen LogP contribution in [0.25, 0.3) is 302 Å². The van der Waals surface area contributed by atoms with E-state index in [1.54, 1.807) is 0 Å². The zero-order valence-corrected chi connectivity index (χ0v) is 69.7. The van der Waals surface area contributed by atoms with Crippen LogP contribution in [-0.4, -0.2) is 13.2 Å². The third kappa shape index (κ3) is 9.57. The van der Waals surface area contributed by atoms with E-state index < -0.39 is 0 Å². The Balaban J connectivity index is 0.0000000943. The van der Waals surface area contributed by atoms with Gasteiger partial charge in [0.2, 0.25) is 0 Å². The van der Waals surface area contributed by atoms with Crippen molar-refractivity contribution in [3.05, 3.63) is 394 Å². The van der Waals surface area contributed by atoms with Gasteiger partial charge >= 0.3 is 0 Å². The van der Waals surface area contributed by atoms with Crippen LogP contribution in [-0.2, 0) is 0 Å². The van der Waals surface area contributed by atoms with Crippen molar-refractivity contribution in [1.29, 1.82) is 0 Å². The minimum atomic E-state index is 0.900. The molecular weight excluding hydrogens is 1590 g/mol. The number of hydrogen-bond donors (Lipinski definition) is 0. The topological polar surface area (TPSA) is 92.1 Å². The molecular formula is C121H67N3O6. The minimum absolute atomic E-state index is 0.900. The predicted molar refractivity (Wildman–Crippen MR) is 539 cm³/mol. The molecule has 12 heterocycles. The van der Waals surface area contributed by atoms with Gasteiger partial charge in [-0.1, -0.05) is 279 Å². The molecule has 0 N–H and O–H groups in total. The summed E-state index contributed by atoms with van der Waals surface area (Å²) < 4.78 is 47.2. The van der Waals surface area contributed by atoms with Gasteiger partial charge in [0.25, 0.3) is 0 Å². The van der Waals surface area contributed by atoms with E-state index in [1.165, 1.54) is 142 Å². The fourth-order valence-electron chi connectivity index (χ4n) is 22.4. The van der Waals surface area contributed by atoms with E-state index in [-0.39, 0.29) is 0 Å². The number of fused-ring (bicyclic) bond motifs is 42. The third-order valence-electron chi connectivity index (χ3n) is 28.2. The molecule has 9 nitrogen and oxygen atoms in total. The average molecular weight is 1660 g/mol. The maximum atomic E-state index is 6.68. The van der Waals surface area contributed by atoms with Gasteiger partial charge in [0.15, 0.2) is 33.5 Å². The molecule has 0 fully saturated rings. The van der Waals surface area contributed by atoms with Crippen molar-refractivity contribution in [1.82, 2.24) is 13.2 Å². The first-order valence-electron chi connectivity index (χ1n) is 44.4. The Morgan fingerprint density at radius 1 is 0.131 bits per heavy atom. The minimum Gasteiger partial charge on any atom is -0.454 e. The highest BCUT2D eigenvalue weighted by Crippen LogP contribution is 2.54. The zero-order chi connectivity index (χ0) is 84.6. The van der Waals surface area contributed by atoms with E-state index in [9.17, 15) is 0 Å². The summed E-state index contributed by atoms with van der Waals surface area (Å²) in [6.45, 7) is 2.13. The second kappa shape index (κ2) is 25.9. The highest BCUT2D eigenvalue weighted by molar-refractivity contribution is 6.36. The SMILES string of the molecule is Cc1ccc(-c2cc3c4ccc5c6ccccc6oc5c4n4c3c(c2)c2ccc3c5ccccc5oc3c24)cc1.c1ccc(-c2ccc(-c3cc4c5ccc6c7ccccc7oc6c5n5c4c(c3)c3ccc4c6ccccc6oc4c35)cc2)cc1.c1ccc(-c2cccc(-c3cc4c5ccc6c7ccccc7oc6c5n5c4c(c3)c3ccc4c6ccccc6oc4c35)c2)cc1. The van der Waals surface area contributed by atoms with Crippen molar-refractivity contribution in [2.75, 3.05) is 0 Å². The number of aromatic nitrogens is 3. The first kappa shape index (κ1) is 69.9. The van der Waals surface area contributed by atoms with Crippen LogP contribution in [0.3, 0.4) is 0 Å². The molecule has 32 aromatic rings. The van der Waals surface area contributed by atoms with Crippen molar-refractivity contribution in [3.8, 4) is 55.6 Å². The Kier molecular flexibility index (Phi) is 13.9. The summed E-state index contributed by atoms with van der Waals surface area (Å²) in [4.78, 5) is 0. The number of hydrogen-bond acceptors (Lipinski definition) is 6. The summed E-state index contributed by atoms with van der Waals surface area (Å²) in [5.41, 5.74) is 34.3. The molecule has 0 saturated heterocycles. The van der Waals surface area contributed by atoms with Gasteiger partial charge in [-0.15, -0.1) is 0 Å². The van der Waals surface area contributed by atoms with Crippen LogP contribution in [0.2, 0.25) is 0 Å². The Hall–Kier alpha value is -17.4. The van der Waals surface area contributed by atoms with Crippen LogP contribution in [0.5, 0.6) is 0 Å². The number of aryl methyl sites for hydroxylation is 1. The van der Waals surface area contributed by atoms with Crippen LogP contribution in [0.4, 0.5) is 0 Å². The number of para-hydroxylation sites is 6. The van der Waals surface area contributed by atoms with Crippen LogP contribution in [0.1, 0.15) is 5.56 Å². The van der Waals surface area contributed by atoms with Crippen LogP contribution >= 0.6 is 0 Å². The molecule has 0 amide bonds. The summed E-state index contributed by atoms with van der Waals surface area (Å²) in [7, 11) is 0. The van der Waals surface area contributed by atoms with Gasteiger partial charge in [0, 0.05) is 129 Å². The smallest absolute Gasteiger partial charge is 0.160 e. The van der Waals surface area contributed by atoms with E-state index in [4.69, 9.17) is 26.5 Å². The average Bonchev–Trinajstić information content (AvgIpc) is 1.52. The fraction of sp³-hybridized carbons (Fsp3) is 0.00826. The third-order valence-corrected chi connectivity index (χ3v) is 28.2. The molecule has 602 valence electrons. The van der Waals surface area contributed by atoms with Gasteiger partial charge in [-0.3, -0.25) is 0 Å². The molecule has 0 radical (unpaired) electrons. The molecule has 20 aromatic carbocycles. The molecule has 32 rings (SSSR count). The lowest BCUT2D eigenvalue weighted by molar-refractivity contribution is 0.669. The van der Waals surface area contributed by atoms with Gasteiger partial charge in [0.1, 0.15) is 33.5 Å². The summed E-state index contributed by atoms with van der Waals surface area (Å²) in [5, 5.41) is 28.0. The molecule has 9 heteroatoms. The molecule has 0 aliphatic rings. The molecule has 0 aliphatic carbocycles. The Morgan fingerprint density at radius 3 is 0.592 bits per heavy atom. The predicted octanol–water partition coefficient (Wildman–Crippen LogP) is 34.5. The molecule has 0 spiro atoms. The number of benzene rings is 20. The summed E-state index contributed by atoms with van der Waals surface area (Å²) >= 11 is 0. The number of rotatable bonds is 5. The Morgan fingerprint density at radius 2 is 0.323 bits per heavy atom. The molecule has 12 aromatic heterocycles. The maximum absolute atomic E-state index is 6.68. The lowest BCUT2D eigenvalue weighted by Gasteiger charge is -2.07. The second-order valence-electron chi connectivity index (χ2n) is 35.1. The van der Waals surface area contributed by atoms with Gasteiger partial charge in [0.05, 0.1) is 49.7 Å². The second-order valence-corrected chi connectivity index (χ2v) is 35.1. The van der Waals surface area contributed by atoms with Crippen molar-refractivity contribution < 1.29 is 26.5 Å². The fourth-order valence-corrected chi connectivity index (χ4v) is 22.4. The lowest BCUT2D eigenvalue weighted by Crippen LogP contribution is -1.82. The zero-order valence-electron chi connectivity index (χ0n) is 69.7. The quantitative estimate of drug-likeness (QED) is 0.170. The highest BCUT2D eigenvalue weighted by atomic mass is 16.4. The van der Waals surface area contributed by atoms with Crippen molar-refractivity contribution in [2.24, 2.45) is 0 Å². The monoisotopic (exact) mass is 1660 g/mol. The van der Waals surface area contributed by atoms with Gasteiger partial charge in [-0.05, 0) is 178 Å². The number of nitrogens with zero attached hydrogens (tertiary/aromatic N) is 3. The van der Waals surface area contributed by atoms with E-state index in [0.29, 0.717) is 0 Å². The number of furan rings is 6. The molecule has 0 atom stereocenters. The van der Waals surface area contributed by atoms with Crippen molar-refractivity contribution in [3.63, 3.8) is 0 Å². The molecule has 0 saturated carbocycles. The normalized spacial score (nSPS) is 12.5. The van der Waals surface area contributed by atoms with Crippen LogP contribution in [0.15, 0.2) is 415 Å². The van der Waals surface area contributed by atoms with E-state index in [0.717, 1.165) is 165 Å². The summed E-state index contributed by atoms with van der Waals surface area (Å²) in [5.74, 6) is 0. The Labute approximate surface area is 737 Å². The van der Waals surface area contributed by atoms with Crippen LogP contribution < -0.4 is 0 Å². The van der Waals surface area contributed by atoms with E-state index >= 15 is 0 Å². The summed E-state index contributed by atoms with van der Waals surface area (Å²) in [6, 6.07) is 139. The Bertz CT molecular complexity index is 9990. The van der Waals surface area contributed by atoms with Gasteiger partial charge < -0.3 is 39.7 Å². The molecule has 130 heavy (non-hydrogen) atoms. The first-order chi connectivity index (χ1) is 64.4. The molecule has 0 unspecified atom stereocenters. The van der Waals surface area contributed by atoms with E-state index in [1.807, 2.05) is 36.4 Å². The highest BCUT2D eigenvalue weighted by Gasteiger charge is 2.31. The van der Waals surface area contributed by atoms with Crippen LogP contribution in [0, 0.1) is 6.92 Å². The standard InChI is InChI=1S/2C42H23NO2.C37H21NO2/c1-2-9-24(10-3-1)25-11-8-12-26(21-25)27-22-34-30-17-19-32-28-13-4-6-15-36(28)44-41(32)39(30)43-38(34)35(23-27)31-18-20-33-29-14-5-7-16-37(29)45-42(33)40(31)43;1-2-8-24(9-3-1)25-14-16-26(17-15-25)27-22-34-30-18-20-32-28-10-4-6-12-36(28)44-41(32)39(30)43-38(34)35(23-27)31-19-21-33-29-11-5-7-13-37(29)45-42(33)40(31)43;1-20-10-12-21(13-11-20)22-18-29-25-14-16-27-23-6-2-4-8-31(23)39-36(27)34(25)38-33(29)30(19-22)26-15-17-28-24-7-3-5-9-32(24)40-37(28)35(26)38/h2*1-23H;2-19H,1H3. The lowest BCUT2D eigenvalue weighted by atomic mass is 9.96. The summed E-state index contributed by atoms with van der Waals surface area (Å²) in [6.07, 6.45) is 0. The van der Waals surface area contributed by atoms with E-state index in [2.05, 4.69) is 372 Å². The van der Waals surface area contributed by atoms with Gasteiger partial charge in [-0.25, -0.2) is 0 Å². The first-order valence-corrected chi connectivity index (χ1v) is 44.4. The van der Waals surface area contributed by atoms with Crippen molar-refractivity contribution >= 4 is 246 Å². The van der Waals surface area contributed by atoms with Crippen molar-refractivity contribution in [2.45, 2.75) is 6.92 Å². The molecule has 0 aliphatic heterocycles. The largest absolute Gasteiger partial charge is 0.454 e. The van der Waals surface area contributed by atoms with Gasteiger partial charge in [-0.2, -0.15) is 0 Å².